The van der Waals surface area contributed by atoms with Crippen LogP contribution in [0.15, 0.2) is 46.9 Å². The van der Waals surface area contributed by atoms with E-state index in [1.54, 1.807) is 17.5 Å². The molecule has 0 aliphatic rings. The molecule has 0 unspecified atom stereocenters. The van der Waals surface area contributed by atoms with Crippen molar-refractivity contribution in [3.63, 3.8) is 0 Å². The van der Waals surface area contributed by atoms with E-state index in [4.69, 9.17) is 4.74 Å². The number of ketones is 1. The monoisotopic (exact) mass is 370 g/mol. The molecule has 0 aliphatic heterocycles. The predicted molar refractivity (Wildman–Crippen MR) is 87.2 cm³/mol. The lowest BCUT2D eigenvalue weighted by molar-refractivity contribution is -0.0605. The van der Waals surface area contributed by atoms with E-state index in [1.807, 2.05) is 5.43 Å². The Morgan fingerprint density at radius 1 is 1.20 bits per heavy atom. The maximum atomic E-state index is 13.1. The van der Waals surface area contributed by atoms with Crippen LogP contribution < -0.4 is 10.2 Å². The van der Waals surface area contributed by atoms with Gasteiger partial charge >= 0.3 is 6.18 Å². The van der Waals surface area contributed by atoms with Crippen molar-refractivity contribution in [3.8, 4) is 5.75 Å². The number of carbonyl (C=O) groups excluding carboxylic acids is 2. The molecule has 9 heteroatoms. The Bertz CT molecular complexity index is 786. The van der Waals surface area contributed by atoms with Crippen molar-refractivity contribution in [3.05, 3.63) is 52.2 Å². The van der Waals surface area contributed by atoms with Gasteiger partial charge < -0.3 is 4.74 Å². The van der Waals surface area contributed by atoms with Crippen molar-refractivity contribution in [2.24, 2.45) is 5.10 Å². The lowest BCUT2D eigenvalue weighted by Gasteiger charge is -2.11. The summed E-state index contributed by atoms with van der Waals surface area (Å²) >= 11 is 1.03. The number of thiophene rings is 1. The van der Waals surface area contributed by atoms with E-state index < -0.39 is 30.0 Å². The molecule has 2 rings (SSSR count). The number of rotatable bonds is 6. The van der Waals surface area contributed by atoms with Crippen LogP contribution in [0, 0.1) is 0 Å². The van der Waals surface area contributed by atoms with E-state index in [-0.39, 0.29) is 16.2 Å². The fraction of sp³-hybridized carbons (Fsp3) is 0.188. The van der Waals surface area contributed by atoms with Crippen molar-refractivity contribution in [2.45, 2.75) is 12.6 Å². The first kappa shape index (κ1) is 18.7. The molecule has 0 atom stereocenters. The van der Waals surface area contributed by atoms with Gasteiger partial charge in [0.05, 0.1) is 24.0 Å². The predicted octanol–water partition coefficient (Wildman–Crippen LogP) is 3.68. The minimum absolute atomic E-state index is 0.0276. The molecule has 0 saturated carbocycles. The van der Waals surface area contributed by atoms with Crippen LogP contribution in [-0.2, 0) is 0 Å². The van der Waals surface area contributed by atoms with Gasteiger partial charge in [-0.1, -0.05) is 18.2 Å². The third-order valence-corrected chi connectivity index (χ3v) is 4.01. The molecule has 5 nitrogen and oxygen atoms in total. The molecule has 2 aromatic rings. The molecule has 1 aromatic carbocycles. The molecule has 0 fully saturated rings. The number of hydrogen-bond acceptors (Lipinski definition) is 5. The standard InChI is InChI=1S/C16H13F3N2O3S/c1-24-12-6-3-2-5-10(12)15(23)21-20-14(16(17,18)19)9-11(22)13-7-4-8-25-13/h2-8H,9H2,1H3,(H,21,23)/b20-14+. The summed E-state index contributed by atoms with van der Waals surface area (Å²) < 4.78 is 44.2. The lowest BCUT2D eigenvalue weighted by Crippen LogP contribution is -2.30. The summed E-state index contributed by atoms with van der Waals surface area (Å²) in [6.45, 7) is 0. The summed E-state index contributed by atoms with van der Waals surface area (Å²) in [4.78, 5) is 24.1. The maximum Gasteiger partial charge on any atom is 0.431 e. The van der Waals surface area contributed by atoms with Crippen LogP contribution in [-0.4, -0.2) is 30.7 Å². The zero-order valence-electron chi connectivity index (χ0n) is 13.0. The Morgan fingerprint density at radius 3 is 2.52 bits per heavy atom. The second-order valence-corrected chi connectivity index (χ2v) is 5.72. The Labute approximate surface area is 145 Å². The normalized spacial score (nSPS) is 11.9. The molecule has 0 spiro atoms. The summed E-state index contributed by atoms with van der Waals surface area (Å²) in [6.07, 6.45) is -5.81. The van der Waals surface area contributed by atoms with Gasteiger partial charge in [0.25, 0.3) is 5.91 Å². The molecule has 25 heavy (non-hydrogen) atoms. The molecule has 1 aromatic heterocycles. The molecule has 0 aliphatic carbocycles. The van der Waals surface area contributed by atoms with Gasteiger partial charge in [-0.15, -0.1) is 11.3 Å². The van der Waals surface area contributed by atoms with Crippen molar-refractivity contribution >= 4 is 28.7 Å². The zero-order valence-corrected chi connectivity index (χ0v) is 13.8. The van der Waals surface area contributed by atoms with Gasteiger partial charge in [0.1, 0.15) is 11.5 Å². The van der Waals surface area contributed by atoms with E-state index in [1.165, 1.54) is 31.4 Å². The van der Waals surface area contributed by atoms with Crippen LogP contribution in [0.3, 0.4) is 0 Å². The third kappa shape index (κ3) is 4.90. The number of Topliss-reactive ketones (excluding diaryl/α,β-unsaturated/α-hetero) is 1. The van der Waals surface area contributed by atoms with E-state index >= 15 is 0 Å². The van der Waals surface area contributed by atoms with E-state index in [9.17, 15) is 22.8 Å². The average Bonchev–Trinajstić information content (AvgIpc) is 3.11. The average molecular weight is 370 g/mol. The highest BCUT2D eigenvalue weighted by Gasteiger charge is 2.37. The highest BCUT2D eigenvalue weighted by atomic mass is 32.1. The third-order valence-electron chi connectivity index (χ3n) is 3.10. The summed E-state index contributed by atoms with van der Waals surface area (Å²) in [5.74, 6) is -1.40. The Morgan fingerprint density at radius 2 is 1.92 bits per heavy atom. The lowest BCUT2D eigenvalue weighted by atomic mass is 10.1. The number of hydrazone groups is 1. The van der Waals surface area contributed by atoms with Gasteiger partial charge in [0.15, 0.2) is 5.78 Å². The number of nitrogens with zero attached hydrogens (tertiary/aromatic N) is 1. The second kappa shape index (κ2) is 7.93. The topological polar surface area (TPSA) is 67.8 Å². The van der Waals surface area contributed by atoms with Crippen LogP contribution in [0.2, 0.25) is 0 Å². The van der Waals surface area contributed by atoms with E-state index in [0.717, 1.165) is 11.3 Å². The fourth-order valence-electron chi connectivity index (χ4n) is 1.89. The quantitative estimate of drug-likeness (QED) is 0.479. The van der Waals surface area contributed by atoms with Crippen molar-refractivity contribution in [1.29, 1.82) is 0 Å². The number of hydrogen-bond donors (Lipinski definition) is 1. The first-order valence-electron chi connectivity index (χ1n) is 6.96. The van der Waals surface area contributed by atoms with Crippen LogP contribution in [0.4, 0.5) is 13.2 Å². The van der Waals surface area contributed by atoms with Crippen LogP contribution in [0.5, 0.6) is 5.75 Å². The number of amides is 1. The number of methoxy groups -OCH3 is 1. The Balaban J connectivity index is 2.18. The van der Waals surface area contributed by atoms with Crippen LogP contribution in [0.25, 0.3) is 0 Å². The summed E-state index contributed by atoms with van der Waals surface area (Å²) in [5, 5.41) is 4.70. The molecule has 132 valence electrons. The van der Waals surface area contributed by atoms with Gasteiger partial charge in [-0.05, 0) is 23.6 Å². The molecule has 0 radical (unpaired) electrons. The molecular weight excluding hydrogens is 357 g/mol. The van der Waals surface area contributed by atoms with Crippen molar-refractivity contribution in [1.82, 2.24) is 5.43 Å². The van der Waals surface area contributed by atoms with Crippen molar-refractivity contribution in [2.75, 3.05) is 7.11 Å². The number of nitrogens with one attached hydrogen (secondary N) is 1. The van der Waals surface area contributed by atoms with Gasteiger partial charge in [0, 0.05) is 0 Å². The molecule has 1 amide bonds. The number of benzene rings is 1. The summed E-state index contributed by atoms with van der Waals surface area (Å²) in [6, 6.07) is 9.00. The van der Waals surface area contributed by atoms with E-state index in [0.29, 0.717) is 0 Å². The van der Waals surface area contributed by atoms with Crippen LogP contribution in [0.1, 0.15) is 26.5 Å². The zero-order chi connectivity index (χ0) is 18.4. The number of alkyl halides is 3. The Hall–Kier alpha value is -2.68. The number of ether oxygens (including phenoxy) is 1. The highest BCUT2D eigenvalue weighted by molar-refractivity contribution is 7.12. The molecule has 1 heterocycles. The first-order valence-corrected chi connectivity index (χ1v) is 7.84. The van der Waals surface area contributed by atoms with Gasteiger partial charge in [-0.25, -0.2) is 5.43 Å². The van der Waals surface area contributed by atoms with Gasteiger partial charge in [-0.3, -0.25) is 9.59 Å². The number of carbonyl (C=O) groups is 2. The Kier molecular flexibility index (Phi) is 5.92. The SMILES string of the molecule is COc1ccccc1C(=O)N/N=C(\CC(=O)c1cccs1)C(F)(F)F. The van der Waals surface area contributed by atoms with Crippen molar-refractivity contribution < 1.29 is 27.5 Å². The highest BCUT2D eigenvalue weighted by Crippen LogP contribution is 2.22. The first-order chi connectivity index (χ1) is 11.8. The second-order valence-electron chi connectivity index (χ2n) is 4.77. The number of halogens is 3. The minimum Gasteiger partial charge on any atom is -0.496 e. The molecular formula is C16H13F3N2O3S. The minimum atomic E-state index is -4.85. The molecule has 1 N–H and O–H groups in total. The van der Waals surface area contributed by atoms with E-state index in [2.05, 4.69) is 5.10 Å². The van der Waals surface area contributed by atoms with Gasteiger partial charge in [0.2, 0.25) is 0 Å². The largest absolute Gasteiger partial charge is 0.496 e. The van der Waals surface area contributed by atoms with Crippen LogP contribution >= 0.6 is 11.3 Å². The smallest absolute Gasteiger partial charge is 0.431 e. The van der Waals surface area contributed by atoms with Gasteiger partial charge in [-0.2, -0.15) is 18.3 Å². The summed E-state index contributed by atoms with van der Waals surface area (Å²) in [5.41, 5.74) is 0.478. The summed E-state index contributed by atoms with van der Waals surface area (Å²) in [7, 11) is 1.33. The maximum absolute atomic E-state index is 13.1. The molecule has 0 bridgehead atoms. The molecule has 0 saturated heterocycles. The number of para-hydroxylation sites is 1. The fourth-order valence-corrected chi connectivity index (χ4v) is 2.55.